The third-order valence-electron chi connectivity index (χ3n) is 10.8. The summed E-state index contributed by atoms with van der Waals surface area (Å²) in [5.41, 5.74) is 4.89. The summed E-state index contributed by atoms with van der Waals surface area (Å²) < 4.78 is 41.4. The van der Waals surface area contributed by atoms with Crippen LogP contribution in [0, 0.1) is 35.0 Å². The first kappa shape index (κ1) is 31.2. The molecule has 10 heteroatoms. The fourth-order valence-electron chi connectivity index (χ4n) is 9.04. The lowest BCUT2D eigenvalue weighted by molar-refractivity contribution is -0.213. The van der Waals surface area contributed by atoms with Gasteiger partial charge in [0.1, 0.15) is 34.0 Å². The number of benzene rings is 1. The number of rotatable bonds is 10. The van der Waals surface area contributed by atoms with Gasteiger partial charge in [-0.05, 0) is 111 Å². The quantitative estimate of drug-likeness (QED) is 0.186. The van der Waals surface area contributed by atoms with Gasteiger partial charge in [0, 0.05) is 41.2 Å². The number of ketones is 1. The Morgan fingerprint density at radius 1 is 1.11 bits per heavy atom. The van der Waals surface area contributed by atoms with E-state index in [1.165, 1.54) is 11.1 Å². The van der Waals surface area contributed by atoms with Gasteiger partial charge in [-0.1, -0.05) is 13.0 Å². The van der Waals surface area contributed by atoms with Crippen LogP contribution in [0.5, 0.6) is 0 Å². The number of nitriles is 1. The summed E-state index contributed by atoms with van der Waals surface area (Å²) in [7, 11) is 0. The van der Waals surface area contributed by atoms with Crippen LogP contribution in [-0.4, -0.2) is 32.5 Å². The molecule has 242 valence electrons. The van der Waals surface area contributed by atoms with Crippen molar-refractivity contribution in [2.24, 2.45) is 16.7 Å². The van der Waals surface area contributed by atoms with Gasteiger partial charge in [-0.25, -0.2) is 9.97 Å². The maximum absolute atomic E-state index is 13.1. The average molecular weight is 648 g/mol. The summed E-state index contributed by atoms with van der Waals surface area (Å²) in [6.45, 7) is 6.68. The number of halogens is 3. The van der Waals surface area contributed by atoms with Gasteiger partial charge in [0.25, 0.3) is 0 Å². The number of fused-ring (bicyclic) bond motifs is 2. The Hall–Kier alpha value is -3.45. The molecule has 3 heterocycles. The number of aromatic nitrogens is 3. The Morgan fingerprint density at radius 3 is 2.50 bits per heavy atom. The van der Waals surface area contributed by atoms with Gasteiger partial charge in [-0.2, -0.15) is 18.4 Å². The van der Waals surface area contributed by atoms with E-state index >= 15 is 0 Å². The molecule has 4 aliphatic rings. The lowest BCUT2D eigenvalue weighted by atomic mass is 9.34. The molecule has 4 aliphatic carbocycles. The minimum Gasteiger partial charge on any atom is -0.367 e. The lowest BCUT2D eigenvalue weighted by Gasteiger charge is -2.71. The van der Waals surface area contributed by atoms with Crippen molar-refractivity contribution >= 4 is 44.1 Å². The van der Waals surface area contributed by atoms with E-state index in [2.05, 4.69) is 51.0 Å². The zero-order chi connectivity index (χ0) is 32.4. The molecule has 4 saturated carbocycles. The summed E-state index contributed by atoms with van der Waals surface area (Å²) in [6.07, 6.45) is 4.43. The summed E-state index contributed by atoms with van der Waals surface area (Å²) >= 11 is 1.11. The monoisotopic (exact) mass is 647 g/mol. The Kier molecular flexibility index (Phi) is 7.70. The third-order valence-corrected chi connectivity index (χ3v) is 11.9. The number of nitrogens with zero attached hydrogens (tertiary/aromatic N) is 4. The number of nitrogens with one attached hydrogen (secondary N) is 1. The van der Waals surface area contributed by atoms with E-state index < -0.39 is 12.6 Å². The van der Waals surface area contributed by atoms with Crippen LogP contribution in [0.3, 0.4) is 0 Å². The summed E-state index contributed by atoms with van der Waals surface area (Å²) in [6, 6.07) is 10.8. The van der Waals surface area contributed by atoms with Crippen LogP contribution in [0.15, 0.2) is 24.3 Å². The second kappa shape index (κ2) is 11.4. The van der Waals surface area contributed by atoms with Gasteiger partial charge in [0.05, 0.1) is 11.8 Å². The first-order valence-corrected chi connectivity index (χ1v) is 17.3. The Balaban J connectivity index is 1.01. The van der Waals surface area contributed by atoms with Crippen LogP contribution in [-0.2, 0) is 30.6 Å². The largest absolute Gasteiger partial charge is 0.393 e. The molecule has 0 aliphatic heterocycles. The van der Waals surface area contributed by atoms with Crippen LogP contribution in [0.1, 0.15) is 92.7 Å². The molecule has 1 aromatic carbocycles. The van der Waals surface area contributed by atoms with Crippen molar-refractivity contribution in [1.82, 2.24) is 14.5 Å². The molecule has 0 atom stereocenters. The zero-order valence-electron chi connectivity index (χ0n) is 26.7. The average Bonchev–Trinajstić information content (AvgIpc) is 3.53. The van der Waals surface area contributed by atoms with Crippen LogP contribution in [0.4, 0.5) is 19.0 Å². The molecule has 1 N–H and O–H groups in total. The summed E-state index contributed by atoms with van der Waals surface area (Å²) in [5, 5.41) is 15.4. The van der Waals surface area contributed by atoms with Gasteiger partial charge >= 0.3 is 6.18 Å². The molecule has 6 nitrogen and oxygen atoms in total. The third kappa shape index (κ3) is 5.80. The van der Waals surface area contributed by atoms with E-state index in [9.17, 15) is 23.2 Å². The van der Waals surface area contributed by atoms with Crippen molar-refractivity contribution in [3.05, 3.63) is 51.8 Å². The Morgan fingerprint density at radius 2 is 1.85 bits per heavy atom. The fourth-order valence-corrected chi connectivity index (χ4v) is 10.1. The van der Waals surface area contributed by atoms with Crippen molar-refractivity contribution < 1.29 is 18.0 Å². The summed E-state index contributed by atoms with van der Waals surface area (Å²) in [5.74, 6) is 2.12. The molecule has 4 aromatic rings. The standard InChI is InChI=1S/C36H40F3N5OS/c1-4-31-42-32(29-13-27(15-36(37,38)39)46-33(29)43-31)41-25-8-5-23(6-9-25)11-24-7-10-30-28(22(24)3)12-26(16-40)44(30)20-35-17-34(18-35,19-35)14-21(2)45/h7,10,12-13,23,25H,4-6,8-9,11,14-15,17-20H2,1-3H3,(H,41,42,43). The molecular weight excluding hydrogens is 607 g/mol. The highest BCUT2D eigenvalue weighted by Gasteiger charge is 2.67. The van der Waals surface area contributed by atoms with E-state index in [4.69, 9.17) is 0 Å². The minimum absolute atomic E-state index is 0.215. The van der Waals surface area contributed by atoms with Crippen molar-refractivity contribution in [3.63, 3.8) is 0 Å². The maximum Gasteiger partial charge on any atom is 0.393 e. The van der Waals surface area contributed by atoms with Crippen molar-refractivity contribution in [2.75, 3.05) is 5.32 Å². The van der Waals surface area contributed by atoms with E-state index in [1.807, 2.05) is 6.92 Å². The van der Waals surface area contributed by atoms with E-state index in [0.29, 0.717) is 46.3 Å². The van der Waals surface area contributed by atoms with Gasteiger partial charge in [0.15, 0.2) is 0 Å². The second-order valence-corrected chi connectivity index (χ2v) is 15.7. The van der Waals surface area contributed by atoms with Crippen LogP contribution >= 0.6 is 11.3 Å². The fraction of sp³-hybridized carbons (Fsp3) is 0.556. The molecule has 0 amide bonds. The number of anilines is 1. The number of alkyl halides is 3. The topological polar surface area (TPSA) is 83.6 Å². The van der Waals surface area contributed by atoms with Gasteiger partial charge < -0.3 is 14.7 Å². The smallest absolute Gasteiger partial charge is 0.367 e. The molecule has 2 bridgehead atoms. The molecule has 0 radical (unpaired) electrons. The van der Waals surface area contributed by atoms with Gasteiger partial charge in [0.2, 0.25) is 0 Å². The lowest BCUT2D eigenvalue weighted by Crippen LogP contribution is -2.63. The Bertz CT molecular complexity index is 1850. The molecule has 0 spiro atoms. The highest BCUT2D eigenvalue weighted by molar-refractivity contribution is 7.18. The number of Topliss-reactive ketones (excluding diaryl/α,β-unsaturated/α-hetero) is 1. The van der Waals surface area contributed by atoms with Crippen molar-refractivity contribution in [1.29, 1.82) is 5.26 Å². The zero-order valence-corrected chi connectivity index (χ0v) is 27.5. The number of hydrogen-bond acceptors (Lipinski definition) is 6. The normalized spacial score (nSPS) is 25.7. The number of carbonyl (C=O) groups is 1. The molecule has 0 unspecified atom stereocenters. The summed E-state index contributed by atoms with van der Waals surface area (Å²) in [4.78, 5) is 21.8. The molecule has 46 heavy (non-hydrogen) atoms. The highest BCUT2D eigenvalue weighted by Crippen LogP contribution is 2.75. The van der Waals surface area contributed by atoms with Crippen molar-refractivity contribution in [3.8, 4) is 6.07 Å². The predicted octanol–water partition coefficient (Wildman–Crippen LogP) is 8.86. The van der Waals surface area contributed by atoms with Crippen LogP contribution in [0.2, 0.25) is 0 Å². The SMILES string of the molecule is CCc1nc(NC2CCC(Cc3ccc4c(cc(C#N)n4CC45CC(CC(C)=O)(C4)C5)c3C)CC2)c2cc(CC(F)(F)F)sc2n1. The highest BCUT2D eigenvalue weighted by atomic mass is 32.1. The van der Waals surface area contributed by atoms with Crippen molar-refractivity contribution in [2.45, 2.75) is 110 Å². The van der Waals surface area contributed by atoms with E-state index in [-0.39, 0.29) is 27.5 Å². The number of hydrogen-bond donors (Lipinski definition) is 1. The van der Waals surface area contributed by atoms with E-state index in [1.54, 1.807) is 13.0 Å². The van der Waals surface area contributed by atoms with Gasteiger partial charge in [-0.15, -0.1) is 11.3 Å². The first-order valence-electron chi connectivity index (χ1n) is 16.5. The van der Waals surface area contributed by atoms with Crippen LogP contribution in [0.25, 0.3) is 21.1 Å². The molecule has 4 fully saturated rings. The van der Waals surface area contributed by atoms with E-state index in [0.717, 1.165) is 80.2 Å². The van der Waals surface area contributed by atoms with Gasteiger partial charge in [-0.3, -0.25) is 0 Å². The molecule has 0 saturated heterocycles. The minimum atomic E-state index is -4.25. The van der Waals surface area contributed by atoms with Crippen LogP contribution < -0.4 is 5.32 Å². The molecular formula is C36H40F3N5OS. The second-order valence-electron chi connectivity index (χ2n) is 14.6. The number of aryl methyl sites for hydroxylation is 2. The number of carbonyl (C=O) groups excluding carboxylic acids is 1. The Labute approximate surface area is 271 Å². The predicted molar refractivity (Wildman–Crippen MR) is 175 cm³/mol. The first-order chi connectivity index (χ1) is 21.9. The molecule has 3 aromatic heterocycles. The maximum atomic E-state index is 13.1. The molecule has 8 rings (SSSR count). The number of thiophene rings is 1.